The maximum absolute atomic E-state index is 11.6. The van der Waals surface area contributed by atoms with Crippen molar-refractivity contribution in [1.82, 2.24) is 5.32 Å². The van der Waals surface area contributed by atoms with Crippen molar-refractivity contribution in [3.8, 4) is 0 Å². The van der Waals surface area contributed by atoms with Gasteiger partial charge >= 0.3 is 5.97 Å². The lowest BCUT2D eigenvalue weighted by Crippen LogP contribution is -2.31. The maximum atomic E-state index is 11.6. The van der Waals surface area contributed by atoms with Crippen LogP contribution >= 0.6 is 0 Å². The van der Waals surface area contributed by atoms with Gasteiger partial charge in [-0.15, -0.1) is 0 Å². The summed E-state index contributed by atoms with van der Waals surface area (Å²) >= 11 is 0. The second-order valence-corrected chi connectivity index (χ2v) is 6.24. The van der Waals surface area contributed by atoms with E-state index < -0.39 is 0 Å². The molecule has 1 atom stereocenters. The molecule has 0 unspecified atom stereocenters. The molecule has 1 saturated heterocycles. The number of hydrogen-bond donors (Lipinski definition) is 1. The van der Waals surface area contributed by atoms with Gasteiger partial charge in [-0.1, -0.05) is 6.92 Å². The fraction of sp³-hybridized carbons (Fsp3) is 0.929. The van der Waals surface area contributed by atoms with E-state index in [0.717, 1.165) is 25.4 Å². The lowest BCUT2D eigenvalue weighted by atomic mass is 9.84. The van der Waals surface area contributed by atoms with Gasteiger partial charge in [-0.25, -0.2) is 0 Å². The smallest absolute Gasteiger partial charge is 0.311 e. The topological polar surface area (TPSA) is 38.3 Å². The first-order valence-corrected chi connectivity index (χ1v) is 6.79. The predicted molar refractivity (Wildman–Crippen MR) is 69.8 cm³/mol. The molecule has 3 heteroatoms. The number of carbonyl (C=O) groups excluding carboxylic acids is 1. The van der Waals surface area contributed by atoms with Gasteiger partial charge in [0.2, 0.25) is 0 Å². The third-order valence-corrected chi connectivity index (χ3v) is 3.61. The van der Waals surface area contributed by atoms with Gasteiger partial charge in [-0.3, -0.25) is 4.79 Å². The standard InChI is InChI=1S/C14H27NO2/c1-11(12-5-8-15-9-6-12)7-10-17-13(16)14(2,3)4/h11-12,15H,5-10H2,1-4H3/t11-/m1/s1. The Morgan fingerprint density at radius 3 is 2.47 bits per heavy atom. The second-order valence-electron chi connectivity index (χ2n) is 6.24. The summed E-state index contributed by atoms with van der Waals surface area (Å²) < 4.78 is 5.31. The van der Waals surface area contributed by atoms with Crippen molar-refractivity contribution in [3.05, 3.63) is 0 Å². The Labute approximate surface area is 105 Å². The summed E-state index contributed by atoms with van der Waals surface area (Å²) in [5.41, 5.74) is -0.377. The molecule has 1 rings (SSSR count). The Bertz CT molecular complexity index is 239. The normalized spacial score (nSPS) is 20.0. The zero-order valence-corrected chi connectivity index (χ0v) is 11.7. The summed E-state index contributed by atoms with van der Waals surface area (Å²) in [5.74, 6) is 1.37. The number of hydrogen-bond acceptors (Lipinski definition) is 3. The molecule has 0 amide bonds. The van der Waals surface area contributed by atoms with Crippen LogP contribution < -0.4 is 5.32 Å². The minimum Gasteiger partial charge on any atom is -0.465 e. The van der Waals surface area contributed by atoms with Crippen LogP contribution in [0.5, 0.6) is 0 Å². The van der Waals surface area contributed by atoms with E-state index in [1.807, 2.05) is 20.8 Å². The summed E-state index contributed by atoms with van der Waals surface area (Å²) in [7, 11) is 0. The third-order valence-electron chi connectivity index (χ3n) is 3.61. The van der Waals surface area contributed by atoms with Crippen LogP contribution in [0.2, 0.25) is 0 Å². The van der Waals surface area contributed by atoms with Gasteiger partial charge in [0, 0.05) is 0 Å². The van der Waals surface area contributed by atoms with Crippen molar-refractivity contribution >= 4 is 5.97 Å². The highest BCUT2D eigenvalue weighted by Crippen LogP contribution is 2.24. The average Bonchev–Trinajstić information content (AvgIpc) is 2.28. The van der Waals surface area contributed by atoms with Gasteiger partial charge in [-0.05, 0) is 65.0 Å². The van der Waals surface area contributed by atoms with Crippen LogP contribution in [0.3, 0.4) is 0 Å². The number of nitrogens with one attached hydrogen (secondary N) is 1. The minimum atomic E-state index is -0.377. The quantitative estimate of drug-likeness (QED) is 0.769. The maximum Gasteiger partial charge on any atom is 0.311 e. The predicted octanol–water partition coefficient (Wildman–Crippen LogP) is 2.60. The fourth-order valence-electron chi connectivity index (χ4n) is 2.20. The van der Waals surface area contributed by atoms with Gasteiger partial charge in [0.25, 0.3) is 0 Å². The molecule has 1 heterocycles. The zero-order valence-electron chi connectivity index (χ0n) is 11.7. The van der Waals surface area contributed by atoms with E-state index in [-0.39, 0.29) is 11.4 Å². The third kappa shape index (κ3) is 5.07. The summed E-state index contributed by atoms with van der Waals surface area (Å²) in [6, 6.07) is 0. The lowest BCUT2D eigenvalue weighted by Gasteiger charge is -2.28. The van der Waals surface area contributed by atoms with Crippen molar-refractivity contribution in [2.75, 3.05) is 19.7 Å². The van der Waals surface area contributed by atoms with E-state index in [1.165, 1.54) is 12.8 Å². The van der Waals surface area contributed by atoms with E-state index >= 15 is 0 Å². The average molecular weight is 241 g/mol. The minimum absolute atomic E-state index is 0.0880. The number of carbonyl (C=O) groups is 1. The van der Waals surface area contributed by atoms with Crippen LogP contribution in [0.25, 0.3) is 0 Å². The first-order valence-electron chi connectivity index (χ1n) is 6.79. The zero-order chi connectivity index (χ0) is 12.9. The molecule has 0 aromatic rings. The molecule has 0 radical (unpaired) electrons. The molecule has 1 N–H and O–H groups in total. The van der Waals surface area contributed by atoms with Crippen LogP contribution in [0.15, 0.2) is 0 Å². The molecule has 100 valence electrons. The summed E-state index contributed by atoms with van der Waals surface area (Å²) in [6.07, 6.45) is 3.51. The molecule has 0 saturated carbocycles. The molecule has 0 aromatic heterocycles. The van der Waals surface area contributed by atoms with Crippen molar-refractivity contribution in [3.63, 3.8) is 0 Å². The van der Waals surface area contributed by atoms with Crippen LogP contribution in [0.4, 0.5) is 0 Å². The fourth-order valence-corrected chi connectivity index (χ4v) is 2.20. The highest BCUT2D eigenvalue weighted by atomic mass is 16.5. The monoisotopic (exact) mass is 241 g/mol. The van der Waals surface area contributed by atoms with Crippen LogP contribution in [-0.2, 0) is 9.53 Å². The van der Waals surface area contributed by atoms with Crippen molar-refractivity contribution < 1.29 is 9.53 Å². The highest BCUT2D eigenvalue weighted by molar-refractivity contribution is 5.75. The molecular weight excluding hydrogens is 214 g/mol. The van der Waals surface area contributed by atoms with Crippen molar-refractivity contribution in [2.45, 2.75) is 47.0 Å². The van der Waals surface area contributed by atoms with Crippen LogP contribution in [0.1, 0.15) is 47.0 Å². The number of piperidine rings is 1. The highest BCUT2D eigenvalue weighted by Gasteiger charge is 2.24. The Balaban J connectivity index is 2.19. The Hall–Kier alpha value is -0.570. The molecular formula is C14H27NO2. The van der Waals surface area contributed by atoms with E-state index in [4.69, 9.17) is 4.74 Å². The number of rotatable bonds is 4. The number of esters is 1. The number of ether oxygens (including phenoxy) is 1. The first kappa shape index (κ1) is 14.5. The lowest BCUT2D eigenvalue weighted by molar-refractivity contribution is -0.153. The molecule has 0 spiro atoms. The van der Waals surface area contributed by atoms with Gasteiger partial charge in [0.1, 0.15) is 0 Å². The molecule has 0 bridgehead atoms. The molecule has 1 fully saturated rings. The van der Waals surface area contributed by atoms with Gasteiger partial charge in [0.15, 0.2) is 0 Å². The van der Waals surface area contributed by atoms with Gasteiger partial charge in [0.05, 0.1) is 12.0 Å². The van der Waals surface area contributed by atoms with Crippen LogP contribution in [0, 0.1) is 17.3 Å². The van der Waals surface area contributed by atoms with E-state index in [1.54, 1.807) is 0 Å². The van der Waals surface area contributed by atoms with E-state index in [9.17, 15) is 4.79 Å². The molecule has 17 heavy (non-hydrogen) atoms. The molecule has 3 nitrogen and oxygen atoms in total. The molecule has 0 aromatic carbocycles. The summed E-state index contributed by atoms with van der Waals surface area (Å²) in [4.78, 5) is 11.6. The molecule has 0 aliphatic carbocycles. The Kier molecular flexibility index (Phi) is 5.44. The molecule has 1 aliphatic heterocycles. The van der Waals surface area contributed by atoms with Crippen molar-refractivity contribution in [2.24, 2.45) is 17.3 Å². The summed E-state index contributed by atoms with van der Waals surface area (Å²) in [6.45, 7) is 10.8. The Morgan fingerprint density at radius 2 is 1.94 bits per heavy atom. The second kappa shape index (κ2) is 6.39. The van der Waals surface area contributed by atoms with Crippen molar-refractivity contribution in [1.29, 1.82) is 0 Å². The molecule has 1 aliphatic rings. The van der Waals surface area contributed by atoms with Gasteiger partial charge < -0.3 is 10.1 Å². The Morgan fingerprint density at radius 1 is 1.35 bits per heavy atom. The largest absolute Gasteiger partial charge is 0.465 e. The van der Waals surface area contributed by atoms with Crippen LogP contribution in [-0.4, -0.2) is 25.7 Å². The van der Waals surface area contributed by atoms with E-state index in [0.29, 0.717) is 12.5 Å². The summed E-state index contributed by atoms with van der Waals surface area (Å²) in [5, 5.41) is 3.38. The van der Waals surface area contributed by atoms with E-state index in [2.05, 4.69) is 12.2 Å². The first-order chi connectivity index (χ1) is 7.91. The van der Waals surface area contributed by atoms with Gasteiger partial charge in [-0.2, -0.15) is 0 Å². The SMILES string of the molecule is C[C@H](CCOC(=O)C(C)(C)C)C1CCNCC1.